The van der Waals surface area contributed by atoms with Crippen molar-refractivity contribution in [1.29, 1.82) is 0 Å². The van der Waals surface area contributed by atoms with Gasteiger partial charge in [-0.1, -0.05) is 24.1 Å². The minimum atomic E-state index is -0.759. The summed E-state index contributed by atoms with van der Waals surface area (Å²) in [5, 5.41) is 10.1. The van der Waals surface area contributed by atoms with Crippen LogP contribution in [0.3, 0.4) is 0 Å². The van der Waals surface area contributed by atoms with Gasteiger partial charge in [-0.25, -0.2) is 4.98 Å². The summed E-state index contributed by atoms with van der Waals surface area (Å²) in [4.78, 5) is 16.5. The molecule has 1 aliphatic rings. The third kappa shape index (κ3) is 3.99. The van der Waals surface area contributed by atoms with Gasteiger partial charge < -0.3 is 9.84 Å². The number of aliphatic hydroxyl groups excluding tert-OH is 1. The Morgan fingerprint density at radius 1 is 1.35 bits per heavy atom. The molecule has 1 aromatic carbocycles. The molecule has 3 rings (SSSR count). The van der Waals surface area contributed by atoms with Gasteiger partial charge in [-0.3, -0.25) is 9.36 Å². The van der Waals surface area contributed by atoms with Crippen molar-refractivity contribution in [3.05, 3.63) is 58.3 Å². The molecule has 1 N–H and O–H groups in total. The highest BCUT2D eigenvalue weighted by Gasteiger charge is 2.21. The molecule has 0 aliphatic heterocycles. The molecule has 0 spiro atoms. The van der Waals surface area contributed by atoms with E-state index in [2.05, 4.69) is 4.98 Å². The second-order valence-electron chi connectivity index (χ2n) is 6.21. The van der Waals surface area contributed by atoms with E-state index in [9.17, 15) is 9.90 Å². The van der Waals surface area contributed by atoms with Crippen LogP contribution in [0.15, 0.2) is 41.5 Å². The van der Waals surface area contributed by atoms with Crippen molar-refractivity contribution >= 4 is 0 Å². The van der Waals surface area contributed by atoms with Crippen molar-refractivity contribution in [2.45, 2.75) is 44.8 Å². The molecule has 5 heteroatoms. The zero-order valence-electron chi connectivity index (χ0n) is 13.3. The van der Waals surface area contributed by atoms with Crippen molar-refractivity contribution < 1.29 is 9.84 Å². The summed E-state index contributed by atoms with van der Waals surface area (Å²) in [5.41, 5.74) is 1.92. The number of aliphatic hydroxyl groups is 1. The quantitative estimate of drug-likeness (QED) is 0.888. The van der Waals surface area contributed by atoms with Gasteiger partial charge in [-0.05, 0) is 31.9 Å². The Kier molecular flexibility index (Phi) is 4.76. The summed E-state index contributed by atoms with van der Waals surface area (Å²) >= 11 is 0. The lowest BCUT2D eigenvalue weighted by atomic mass is 9.83. The van der Waals surface area contributed by atoms with Crippen LogP contribution in [0.25, 0.3) is 0 Å². The van der Waals surface area contributed by atoms with Crippen molar-refractivity contribution in [2.75, 3.05) is 6.61 Å². The predicted octanol–water partition coefficient (Wildman–Crippen LogP) is 2.26. The van der Waals surface area contributed by atoms with Crippen molar-refractivity contribution in [2.24, 2.45) is 0 Å². The highest BCUT2D eigenvalue weighted by Crippen LogP contribution is 2.34. The van der Waals surface area contributed by atoms with Crippen molar-refractivity contribution in [1.82, 2.24) is 9.55 Å². The van der Waals surface area contributed by atoms with E-state index in [-0.39, 0.29) is 18.7 Å². The minimum absolute atomic E-state index is 0.115. The van der Waals surface area contributed by atoms with Crippen molar-refractivity contribution in [3.63, 3.8) is 0 Å². The standard InChI is InChI=1S/C18H22N2O3/c1-13-5-7-16(8-6-13)23-11-15(21)10-20-12-19-17(9-18(20)22)14-3-2-4-14/h5-9,12,14-15,21H,2-4,10-11H2,1H3. The lowest BCUT2D eigenvalue weighted by Crippen LogP contribution is -2.31. The monoisotopic (exact) mass is 314 g/mol. The first-order chi connectivity index (χ1) is 11.1. The number of rotatable bonds is 6. The Morgan fingerprint density at radius 3 is 2.70 bits per heavy atom. The number of ether oxygens (including phenoxy) is 1. The molecule has 1 unspecified atom stereocenters. The summed E-state index contributed by atoms with van der Waals surface area (Å²) < 4.78 is 6.97. The molecule has 1 aliphatic carbocycles. The largest absolute Gasteiger partial charge is 0.491 e. The third-order valence-electron chi connectivity index (χ3n) is 4.29. The van der Waals surface area contributed by atoms with Gasteiger partial charge >= 0.3 is 0 Å². The number of hydrogen-bond donors (Lipinski definition) is 1. The average molecular weight is 314 g/mol. The Bertz CT molecular complexity index is 705. The smallest absolute Gasteiger partial charge is 0.253 e. The number of aromatic nitrogens is 2. The predicted molar refractivity (Wildman–Crippen MR) is 87.8 cm³/mol. The number of aryl methyl sites for hydroxylation is 1. The Hall–Kier alpha value is -2.14. The Morgan fingerprint density at radius 2 is 2.09 bits per heavy atom. The van der Waals surface area contributed by atoms with Crippen LogP contribution < -0.4 is 10.3 Å². The molecule has 5 nitrogen and oxygen atoms in total. The fourth-order valence-corrected chi connectivity index (χ4v) is 2.61. The molecule has 1 aromatic heterocycles. The van der Waals surface area contributed by atoms with E-state index in [0.717, 1.165) is 24.1 Å². The van der Waals surface area contributed by atoms with E-state index < -0.39 is 6.10 Å². The van der Waals surface area contributed by atoms with E-state index in [1.807, 2.05) is 31.2 Å². The fourth-order valence-electron chi connectivity index (χ4n) is 2.61. The lowest BCUT2D eigenvalue weighted by Gasteiger charge is -2.24. The summed E-state index contributed by atoms with van der Waals surface area (Å²) in [6, 6.07) is 9.23. The molecule has 0 amide bonds. The normalized spacial score (nSPS) is 15.9. The second-order valence-corrected chi connectivity index (χ2v) is 6.21. The van der Waals surface area contributed by atoms with Crippen LogP contribution in [0.4, 0.5) is 0 Å². The number of hydrogen-bond acceptors (Lipinski definition) is 4. The molecule has 1 heterocycles. The molecule has 23 heavy (non-hydrogen) atoms. The maximum absolute atomic E-state index is 12.1. The van der Waals surface area contributed by atoms with E-state index >= 15 is 0 Å². The van der Waals surface area contributed by atoms with Gasteiger partial charge in [0.25, 0.3) is 5.56 Å². The van der Waals surface area contributed by atoms with Gasteiger partial charge in [0.2, 0.25) is 0 Å². The van der Waals surface area contributed by atoms with Crippen LogP contribution in [0.2, 0.25) is 0 Å². The highest BCUT2D eigenvalue weighted by molar-refractivity contribution is 5.26. The molecule has 1 atom stereocenters. The van der Waals surface area contributed by atoms with E-state index in [1.165, 1.54) is 17.3 Å². The van der Waals surface area contributed by atoms with E-state index in [1.54, 1.807) is 6.07 Å². The highest BCUT2D eigenvalue weighted by atomic mass is 16.5. The van der Waals surface area contributed by atoms with Crippen LogP contribution >= 0.6 is 0 Å². The Labute approximate surface area is 135 Å². The molecule has 122 valence electrons. The van der Waals surface area contributed by atoms with Gasteiger partial charge in [0, 0.05) is 12.0 Å². The first-order valence-electron chi connectivity index (χ1n) is 8.06. The molecule has 1 saturated carbocycles. The third-order valence-corrected chi connectivity index (χ3v) is 4.29. The first-order valence-corrected chi connectivity index (χ1v) is 8.06. The summed E-state index contributed by atoms with van der Waals surface area (Å²) in [6.07, 6.45) is 4.22. The van der Waals surface area contributed by atoms with E-state index in [0.29, 0.717) is 11.7 Å². The van der Waals surface area contributed by atoms with E-state index in [4.69, 9.17) is 4.74 Å². The van der Waals surface area contributed by atoms with Gasteiger partial charge in [0.15, 0.2) is 0 Å². The van der Waals surface area contributed by atoms with Gasteiger partial charge in [0.1, 0.15) is 18.5 Å². The molecule has 0 bridgehead atoms. The van der Waals surface area contributed by atoms with Gasteiger partial charge in [0.05, 0.1) is 18.6 Å². The molecule has 1 fully saturated rings. The van der Waals surface area contributed by atoms with Gasteiger partial charge in [-0.15, -0.1) is 0 Å². The fraction of sp³-hybridized carbons (Fsp3) is 0.444. The van der Waals surface area contributed by atoms with Crippen LogP contribution in [0.5, 0.6) is 5.75 Å². The van der Waals surface area contributed by atoms with Gasteiger partial charge in [-0.2, -0.15) is 0 Å². The molecule has 2 aromatic rings. The van der Waals surface area contributed by atoms with Crippen molar-refractivity contribution in [3.8, 4) is 5.75 Å². The lowest BCUT2D eigenvalue weighted by molar-refractivity contribution is 0.0912. The van der Waals surface area contributed by atoms with Crippen LogP contribution in [-0.2, 0) is 6.54 Å². The first kappa shape index (κ1) is 15.7. The zero-order valence-corrected chi connectivity index (χ0v) is 13.3. The topological polar surface area (TPSA) is 64.3 Å². The van der Waals surface area contributed by atoms with Crippen LogP contribution in [0.1, 0.15) is 36.4 Å². The molecular weight excluding hydrogens is 292 g/mol. The Balaban J connectivity index is 1.55. The number of nitrogens with zero attached hydrogens (tertiary/aromatic N) is 2. The summed E-state index contributed by atoms with van der Waals surface area (Å²) in [6.45, 7) is 2.33. The molecular formula is C18H22N2O3. The average Bonchev–Trinajstić information content (AvgIpc) is 2.48. The summed E-state index contributed by atoms with van der Waals surface area (Å²) in [7, 11) is 0. The molecule has 0 radical (unpaired) electrons. The summed E-state index contributed by atoms with van der Waals surface area (Å²) in [5.74, 6) is 1.15. The minimum Gasteiger partial charge on any atom is -0.491 e. The maximum Gasteiger partial charge on any atom is 0.253 e. The maximum atomic E-state index is 12.1. The van der Waals surface area contributed by atoms with Crippen LogP contribution in [-0.4, -0.2) is 27.4 Å². The zero-order chi connectivity index (χ0) is 16.2. The SMILES string of the molecule is Cc1ccc(OCC(O)Cn2cnc(C3CCC3)cc2=O)cc1. The second kappa shape index (κ2) is 6.96. The molecule has 0 saturated heterocycles. The van der Waals surface area contributed by atoms with Crippen LogP contribution in [0, 0.1) is 6.92 Å². The number of benzene rings is 1.